The van der Waals surface area contributed by atoms with Gasteiger partial charge in [0.25, 0.3) is 0 Å². The van der Waals surface area contributed by atoms with Crippen LogP contribution in [0.2, 0.25) is 0 Å². The van der Waals surface area contributed by atoms with Crippen LogP contribution in [0, 0.1) is 0 Å². The van der Waals surface area contributed by atoms with Crippen molar-refractivity contribution in [2.45, 2.75) is 6.42 Å². The van der Waals surface area contributed by atoms with Crippen LogP contribution < -0.4 is 5.32 Å². The summed E-state index contributed by atoms with van der Waals surface area (Å²) in [5, 5.41) is 11.9. The van der Waals surface area contributed by atoms with Crippen molar-refractivity contribution in [3.8, 4) is 5.75 Å². The number of phenols is 1. The number of carbonyl (C=O) groups excluding carboxylic acids is 1. The maximum absolute atomic E-state index is 11.8. The quantitative estimate of drug-likeness (QED) is 0.857. The van der Waals surface area contributed by atoms with Crippen LogP contribution >= 0.6 is 15.9 Å². The highest BCUT2D eigenvalue weighted by Crippen LogP contribution is 2.18. The van der Waals surface area contributed by atoms with E-state index in [0.29, 0.717) is 10.3 Å². The summed E-state index contributed by atoms with van der Waals surface area (Å²) in [6, 6.07) is 10.1. The zero-order valence-electron chi connectivity index (χ0n) is 9.43. The first-order valence-electron chi connectivity index (χ1n) is 5.33. The average Bonchev–Trinajstić information content (AvgIpc) is 2.35. The lowest BCUT2D eigenvalue weighted by Gasteiger charge is -2.06. The second kappa shape index (κ2) is 5.64. The van der Waals surface area contributed by atoms with Crippen molar-refractivity contribution >= 4 is 27.5 Å². The van der Waals surface area contributed by atoms with Gasteiger partial charge in [0.1, 0.15) is 10.4 Å². The van der Waals surface area contributed by atoms with Gasteiger partial charge in [0.15, 0.2) is 0 Å². The van der Waals surface area contributed by atoms with Crippen molar-refractivity contribution < 1.29 is 9.90 Å². The molecule has 0 fully saturated rings. The molecule has 0 unspecified atom stereocenters. The number of nitrogens with zero attached hydrogens (tertiary/aromatic N) is 1. The van der Waals surface area contributed by atoms with Crippen molar-refractivity contribution in [1.29, 1.82) is 0 Å². The molecule has 1 amide bonds. The number of aromatic hydroxyl groups is 1. The molecule has 0 saturated carbocycles. The highest BCUT2D eigenvalue weighted by molar-refractivity contribution is 9.10. The number of rotatable bonds is 3. The van der Waals surface area contributed by atoms with Crippen LogP contribution in [0.3, 0.4) is 0 Å². The Bertz CT molecular complexity index is 555. The molecule has 18 heavy (non-hydrogen) atoms. The zero-order chi connectivity index (χ0) is 13.0. The van der Waals surface area contributed by atoms with Gasteiger partial charge >= 0.3 is 0 Å². The molecule has 1 aromatic carbocycles. The monoisotopic (exact) mass is 306 g/mol. The minimum atomic E-state index is -0.130. The third-order valence-corrected chi connectivity index (χ3v) is 2.97. The molecule has 1 aromatic heterocycles. The number of halogens is 1. The van der Waals surface area contributed by atoms with E-state index < -0.39 is 0 Å². The maximum atomic E-state index is 11.8. The molecule has 2 rings (SSSR count). The number of pyridine rings is 1. The first-order chi connectivity index (χ1) is 8.65. The normalized spacial score (nSPS) is 10.1. The van der Waals surface area contributed by atoms with E-state index in [1.807, 2.05) is 0 Å². The van der Waals surface area contributed by atoms with Crippen LogP contribution in [0.25, 0.3) is 0 Å². The maximum Gasteiger partial charge on any atom is 0.228 e. The summed E-state index contributed by atoms with van der Waals surface area (Å²) in [5.74, 6) is 0.0588. The first-order valence-corrected chi connectivity index (χ1v) is 6.13. The molecule has 5 heteroatoms. The molecule has 0 saturated heterocycles. The number of carbonyl (C=O) groups is 1. The molecule has 0 aliphatic rings. The van der Waals surface area contributed by atoms with E-state index in [-0.39, 0.29) is 18.1 Å². The zero-order valence-corrected chi connectivity index (χ0v) is 11.0. The standard InChI is InChI=1S/C13H11BrN2O2/c14-13-11(2-1-7-15-13)16-12(18)8-9-3-5-10(17)6-4-9/h1-7,17H,8H2,(H,16,18). The van der Waals surface area contributed by atoms with E-state index in [0.717, 1.165) is 5.56 Å². The van der Waals surface area contributed by atoms with Gasteiger partial charge in [0.2, 0.25) is 5.91 Å². The molecule has 2 N–H and O–H groups in total. The second-order valence-electron chi connectivity index (χ2n) is 3.73. The predicted octanol–water partition coefficient (Wildman–Crippen LogP) is 2.73. The van der Waals surface area contributed by atoms with E-state index in [4.69, 9.17) is 5.11 Å². The Kier molecular flexibility index (Phi) is 3.94. The Labute approximate surface area is 113 Å². The van der Waals surface area contributed by atoms with E-state index in [1.54, 1.807) is 42.6 Å². The molecular formula is C13H11BrN2O2. The van der Waals surface area contributed by atoms with Gasteiger partial charge in [-0.2, -0.15) is 0 Å². The van der Waals surface area contributed by atoms with E-state index in [1.165, 1.54) is 0 Å². The van der Waals surface area contributed by atoms with Gasteiger partial charge in [-0.15, -0.1) is 0 Å². The summed E-state index contributed by atoms with van der Waals surface area (Å²) in [6.45, 7) is 0. The Balaban J connectivity index is 2.01. The van der Waals surface area contributed by atoms with E-state index >= 15 is 0 Å². The number of hydrogen-bond donors (Lipinski definition) is 2. The van der Waals surface area contributed by atoms with Crippen molar-refractivity contribution in [3.63, 3.8) is 0 Å². The van der Waals surface area contributed by atoms with Gasteiger partial charge in [-0.05, 0) is 45.8 Å². The van der Waals surface area contributed by atoms with Crippen molar-refractivity contribution in [1.82, 2.24) is 4.98 Å². The van der Waals surface area contributed by atoms with Crippen LogP contribution in [0.15, 0.2) is 47.2 Å². The highest BCUT2D eigenvalue weighted by atomic mass is 79.9. The summed E-state index contributed by atoms with van der Waals surface area (Å²) in [4.78, 5) is 15.8. The predicted molar refractivity (Wildman–Crippen MR) is 72.4 cm³/mol. The molecule has 2 aromatic rings. The molecule has 92 valence electrons. The highest BCUT2D eigenvalue weighted by Gasteiger charge is 2.06. The summed E-state index contributed by atoms with van der Waals surface area (Å²) in [6.07, 6.45) is 1.89. The Morgan fingerprint density at radius 2 is 2.00 bits per heavy atom. The summed E-state index contributed by atoms with van der Waals surface area (Å²) < 4.78 is 0.601. The number of aromatic nitrogens is 1. The van der Waals surface area contributed by atoms with Gasteiger partial charge in [0.05, 0.1) is 12.1 Å². The minimum Gasteiger partial charge on any atom is -0.508 e. The topological polar surface area (TPSA) is 62.2 Å². The number of benzene rings is 1. The fourth-order valence-electron chi connectivity index (χ4n) is 1.47. The van der Waals surface area contributed by atoms with Gasteiger partial charge in [-0.25, -0.2) is 4.98 Å². The number of amides is 1. The summed E-state index contributed by atoms with van der Waals surface area (Å²) in [7, 11) is 0. The number of anilines is 1. The van der Waals surface area contributed by atoms with Gasteiger partial charge in [0, 0.05) is 6.20 Å². The number of nitrogens with one attached hydrogen (secondary N) is 1. The van der Waals surface area contributed by atoms with Gasteiger partial charge < -0.3 is 10.4 Å². The Morgan fingerprint density at radius 3 is 2.67 bits per heavy atom. The van der Waals surface area contributed by atoms with Crippen LogP contribution in [0.4, 0.5) is 5.69 Å². The molecule has 0 spiro atoms. The van der Waals surface area contributed by atoms with Crippen LogP contribution in [-0.2, 0) is 11.2 Å². The Morgan fingerprint density at radius 1 is 1.28 bits per heavy atom. The largest absolute Gasteiger partial charge is 0.508 e. The summed E-state index contributed by atoms with van der Waals surface area (Å²) in [5.41, 5.74) is 1.48. The third-order valence-electron chi connectivity index (χ3n) is 2.33. The average molecular weight is 307 g/mol. The number of hydrogen-bond acceptors (Lipinski definition) is 3. The SMILES string of the molecule is O=C(Cc1ccc(O)cc1)Nc1cccnc1Br. The molecule has 0 atom stereocenters. The van der Waals surface area contributed by atoms with Crippen LogP contribution in [0.1, 0.15) is 5.56 Å². The Hall–Kier alpha value is -1.88. The van der Waals surface area contributed by atoms with Crippen molar-refractivity contribution in [2.24, 2.45) is 0 Å². The van der Waals surface area contributed by atoms with Crippen molar-refractivity contribution in [2.75, 3.05) is 5.32 Å². The van der Waals surface area contributed by atoms with E-state index in [9.17, 15) is 4.79 Å². The van der Waals surface area contributed by atoms with Gasteiger partial charge in [-0.1, -0.05) is 12.1 Å². The molecule has 0 aliphatic carbocycles. The summed E-state index contributed by atoms with van der Waals surface area (Å²) >= 11 is 3.26. The third kappa shape index (κ3) is 3.30. The minimum absolute atomic E-state index is 0.130. The molecule has 0 aliphatic heterocycles. The number of phenolic OH excluding ortho intramolecular Hbond substituents is 1. The molecule has 0 radical (unpaired) electrons. The fourth-order valence-corrected chi connectivity index (χ4v) is 1.82. The molecular weight excluding hydrogens is 296 g/mol. The van der Waals surface area contributed by atoms with E-state index in [2.05, 4.69) is 26.2 Å². The fraction of sp³-hybridized carbons (Fsp3) is 0.0769. The molecule has 4 nitrogen and oxygen atoms in total. The second-order valence-corrected chi connectivity index (χ2v) is 4.48. The first kappa shape index (κ1) is 12.6. The molecule has 1 heterocycles. The van der Waals surface area contributed by atoms with Crippen molar-refractivity contribution in [3.05, 3.63) is 52.8 Å². The molecule has 0 bridgehead atoms. The van der Waals surface area contributed by atoms with Gasteiger partial charge in [-0.3, -0.25) is 4.79 Å². The lowest BCUT2D eigenvalue weighted by molar-refractivity contribution is -0.115. The lowest BCUT2D eigenvalue weighted by atomic mass is 10.1. The van der Waals surface area contributed by atoms with Crippen LogP contribution in [-0.4, -0.2) is 16.0 Å². The lowest BCUT2D eigenvalue weighted by Crippen LogP contribution is -2.14. The van der Waals surface area contributed by atoms with Crippen LogP contribution in [0.5, 0.6) is 5.75 Å². The smallest absolute Gasteiger partial charge is 0.228 e.